The molecule has 0 spiro atoms. The molecule has 0 radical (unpaired) electrons. The van der Waals surface area contributed by atoms with Crippen molar-refractivity contribution in [3.63, 3.8) is 0 Å². The molecule has 0 amide bonds. The second kappa shape index (κ2) is 8.01. The number of nitrogens with zero attached hydrogens (tertiary/aromatic N) is 1. The van der Waals surface area contributed by atoms with Crippen molar-refractivity contribution >= 4 is 52.4 Å². The van der Waals surface area contributed by atoms with Crippen molar-refractivity contribution in [2.75, 3.05) is 12.4 Å². The normalized spacial score (nSPS) is 10.6. The number of methoxy groups -OCH3 is 1. The summed E-state index contributed by atoms with van der Waals surface area (Å²) in [6.07, 6.45) is 1.37. The molecule has 0 aliphatic rings. The summed E-state index contributed by atoms with van der Waals surface area (Å²) in [6, 6.07) is 10.3. The Bertz CT molecular complexity index is 753. The number of anilines is 1. The quantitative estimate of drug-likeness (QED) is 0.431. The van der Waals surface area contributed by atoms with Crippen LogP contribution in [0.15, 0.2) is 41.5 Å². The summed E-state index contributed by atoms with van der Waals surface area (Å²) in [4.78, 5) is 0. The highest BCUT2D eigenvalue weighted by Gasteiger charge is 2.06. The molecule has 0 atom stereocenters. The Morgan fingerprint density at radius 2 is 2.09 bits per heavy atom. The van der Waals surface area contributed by atoms with Gasteiger partial charge in [0, 0.05) is 22.3 Å². The fraction of sp³-hybridized carbons (Fsp3) is 0.0667. The van der Waals surface area contributed by atoms with Crippen LogP contribution in [0.3, 0.4) is 0 Å². The number of ether oxygens (including phenoxy) is 1. The van der Waals surface area contributed by atoms with Gasteiger partial charge in [-0.3, -0.25) is 5.43 Å². The highest BCUT2D eigenvalue weighted by atomic mass is 35.5. The first-order valence-corrected chi connectivity index (χ1v) is 7.58. The lowest BCUT2D eigenvalue weighted by atomic mass is 10.2. The first-order chi connectivity index (χ1) is 11.0. The van der Waals surface area contributed by atoms with Crippen LogP contribution < -0.4 is 15.5 Å². The molecule has 0 fully saturated rings. The fourth-order valence-corrected chi connectivity index (χ4v) is 2.38. The van der Waals surface area contributed by atoms with Gasteiger partial charge in [-0.15, -0.1) is 0 Å². The number of phenolic OH excluding ortho intramolecular Hbond substituents is 1. The van der Waals surface area contributed by atoms with Crippen LogP contribution in [-0.2, 0) is 0 Å². The largest absolute Gasteiger partial charge is 0.506 e. The number of hydrazone groups is 1. The van der Waals surface area contributed by atoms with Gasteiger partial charge in [0.1, 0.15) is 11.5 Å². The molecule has 120 valence electrons. The third kappa shape index (κ3) is 4.99. The molecule has 3 N–H and O–H groups in total. The highest BCUT2D eigenvalue weighted by Crippen LogP contribution is 2.29. The molecule has 0 heterocycles. The predicted octanol–water partition coefficient (Wildman–Crippen LogP) is 4.03. The standard InChI is InChI=1S/C15H13Cl2N3O2S/c1-22-12-4-2-3-11(7-12)19-15(23)20-18-8-9-5-10(16)6-13(17)14(9)21/h2-8,21H,1H3,(H2,19,20,23)/b18-8+. The first-order valence-electron chi connectivity index (χ1n) is 6.41. The van der Waals surface area contributed by atoms with Crippen LogP contribution in [0, 0.1) is 0 Å². The van der Waals surface area contributed by atoms with Crippen LogP contribution in [0.2, 0.25) is 10.0 Å². The lowest BCUT2D eigenvalue weighted by Crippen LogP contribution is -2.23. The molecule has 0 aromatic heterocycles. The van der Waals surface area contributed by atoms with Gasteiger partial charge in [-0.25, -0.2) is 0 Å². The van der Waals surface area contributed by atoms with Gasteiger partial charge < -0.3 is 15.2 Å². The number of aromatic hydroxyl groups is 1. The minimum atomic E-state index is -0.103. The topological polar surface area (TPSA) is 65.9 Å². The van der Waals surface area contributed by atoms with E-state index in [2.05, 4.69) is 15.8 Å². The zero-order valence-electron chi connectivity index (χ0n) is 12.0. The molecule has 2 rings (SSSR count). The van der Waals surface area contributed by atoms with E-state index in [0.29, 0.717) is 16.3 Å². The average molecular weight is 370 g/mol. The number of hydrogen-bond acceptors (Lipinski definition) is 4. The molecule has 5 nitrogen and oxygen atoms in total. The van der Waals surface area contributed by atoms with E-state index in [4.69, 9.17) is 40.2 Å². The smallest absolute Gasteiger partial charge is 0.191 e. The van der Waals surface area contributed by atoms with Crippen molar-refractivity contribution in [2.24, 2.45) is 5.10 Å². The molecule has 0 saturated carbocycles. The van der Waals surface area contributed by atoms with Crippen molar-refractivity contribution in [3.8, 4) is 11.5 Å². The summed E-state index contributed by atoms with van der Waals surface area (Å²) in [5.74, 6) is 0.605. The van der Waals surface area contributed by atoms with Gasteiger partial charge in [0.2, 0.25) is 0 Å². The summed E-state index contributed by atoms with van der Waals surface area (Å²) in [7, 11) is 1.59. The molecule has 0 aliphatic heterocycles. The number of rotatable bonds is 4. The molecule has 0 unspecified atom stereocenters. The maximum atomic E-state index is 9.81. The van der Waals surface area contributed by atoms with Gasteiger partial charge in [-0.2, -0.15) is 5.10 Å². The van der Waals surface area contributed by atoms with Crippen molar-refractivity contribution in [1.82, 2.24) is 5.43 Å². The maximum absolute atomic E-state index is 9.81. The predicted molar refractivity (Wildman–Crippen MR) is 98.1 cm³/mol. The van der Waals surface area contributed by atoms with Crippen molar-refractivity contribution in [3.05, 3.63) is 52.0 Å². The Balaban J connectivity index is 1.99. The van der Waals surface area contributed by atoms with E-state index in [9.17, 15) is 5.11 Å². The molecule has 2 aromatic rings. The first kappa shape index (κ1) is 17.3. The Hall–Kier alpha value is -2.02. The Morgan fingerprint density at radius 3 is 2.83 bits per heavy atom. The van der Waals surface area contributed by atoms with E-state index in [1.807, 2.05) is 18.2 Å². The van der Waals surface area contributed by atoms with Gasteiger partial charge in [-0.1, -0.05) is 29.3 Å². The lowest BCUT2D eigenvalue weighted by Gasteiger charge is -2.08. The number of thiocarbonyl (C=S) groups is 1. The Labute approximate surface area is 148 Å². The summed E-state index contributed by atoms with van der Waals surface area (Å²) in [5, 5.41) is 17.5. The third-order valence-electron chi connectivity index (χ3n) is 2.75. The summed E-state index contributed by atoms with van der Waals surface area (Å²) in [6.45, 7) is 0. The minimum absolute atomic E-state index is 0.103. The van der Waals surface area contributed by atoms with E-state index < -0.39 is 0 Å². The van der Waals surface area contributed by atoms with Gasteiger partial charge in [0.05, 0.1) is 18.3 Å². The lowest BCUT2D eigenvalue weighted by molar-refractivity contribution is 0.415. The van der Waals surface area contributed by atoms with Crippen LogP contribution in [-0.4, -0.2) is 23.5 Å². The number of phenols is 1. The molecule has 0 bridgehead atoms. The SMILES string of the molecule is COc1cccc(NC(=S)N/N=C/c2cc(Cl)cc(Cl)c2O)c1. The second-order valence-corrected chi connectivity index (χ2v) is 5.63. The number of nitrogens with one attached hydrogen (secondary N) is 2. The number of benzene rings is 2. The molecular formula is C15H13Cl2N3O2S. The van der Waals surface area contributed by atoms with E-state index in [1.54, 1.807) is 13.2 Å². The molecule has 23 heavy (non-hydrogen) atoms. The van der Waals surface area contributed by atoms with Crippen LogP contribution in [0.1, 0.15) is 5.56 Å². The molecular weight excluding hydrogens is 357 g/mol. The van der Waals surface area contributed by atoms with Crippen molar-refractivity contribution in [1.29, 1.82) is 0 Å². The maximum Gasteiger partial charge on any atom is 0.191 e. The third-order valence-corrected chi connectivity index (χ3v) is 3.45. The minimum Gasteiger partial charge on any atom is -0.506 e. The van der Waals surface area contributed by atoms with E-state index in [0.717, 1.165) is 5.69 Å². The van der Waals surface area contributed by atoms with Gasteiger partial charge >= 0.3 is 0 Å². The van der Waals surface area contributed by atoms with Crippen LogP contribution in [0.4, 0.5) is 5.69 Å². The number of hydrogen-bond donors (Lipinski definition) is 3. The summed E-state index contributed by atoms with van der Waals surface area (Å²) < 4.78 is 5.12. The number of halogens is 2. The monoisotopic (exact) mass is 369 g/mol. The Kier molecular flexibility index (Phi) is 6.04. The van der Waals surface area contributed by atoms with Crippen molar-refractivity contribution in [2.45, 2.75) is 0 Å². The van der Waals surface area contributed by atoms with E-state index in [1.165, 1.54) is 18.3 Å². The van der Waals surface area contributed by atoms with Crippen LogP contribution in [0.25, 0.3) is 0 Å². The Morgan fingerprint density at radius 1 is 1.30 bits per heavy atom. The van der Waals surface area contributed by atoms with Crippen molar-refractivity contribution < 1.29 is 9.84 Å². The molecule has 2 aromatic carbocycles. The zero-order valence-corrected chi connectivity index (χ0v) is 14.3. The van der Waals surface area contributed by atoms with E-state index in [-0.39, 0.29) is 15.9 Å². The van der Waals surface area contributed by atoms with Crippen LogP contribution >= 0.6 is 35.4 Å². The van der Waals surface area contributed by atoms with Gasteiger partial charge in [0.15, 0.2) is 5.11 Å². The van der Waals surface area contributed by atoms with Gasteiger partial charge in [0.25, 0.3) is 0 Å². The fourth-order valence-electron chi connectivity index (χ4n) is 1.70. The highest BCUT2D eigenvalue weighted by molar-refractivity contribution is 7.80. The summed E-state index contributed by atoms with van der Waals surface area (Å²) >= 11 is 16.8. The molecule has 0 saturated heterocycles. The summed E-state index contributed by atoms with van der Waals surface area (Å²) in [5.41, 5.74) is 3.76. The van der Waals surface area contributed by atoms with Gasteiger partial charge in [-0.05, 0) is 36.5 Å². The second-order valence-electron chi connectivity index (χ2n) is 4.38. The average Bonchev–Trinajstić information content (AvgIpc) is 2.52. The zero-order chi connectivity index (χ0) is 16.8. The molecule has 0 aliphatic carbocycles. The van der Waals surface area contributed by atoms with E-state index >= 15 is 0 Å². The van der Waals surface area contributed by atoms with Crippen LogP contribution in [0.5, 0.6) is 11.5 Å². The molecule has 8 heteroatoms.